The molecule has 3 atom stereocenters. The van der Waals surface area contributed by atoms with Gasteiger partial charge in [0.05, 0.1) is 6.04 Å². The van der Waals surface area contributed by atoms with Crippen molar-refractivity contribution in [3.63, 3.8) is 0 Å². The maximum atomic E-state index is 12.6. The summed E-state index contributed by atoms with van der Waals surface area (Å²) in [6.45, 7) is 3.21. The molecule has 2 aliphatic rings. The molecule has 1 fully saturated rings. The van der Waals surface area contributed by atoms with Crippen LogP contribution in [0.25, 0.3) is 0 Å². The van der Waals surface area contributed by atoms with Crippen LogP contribution in [0.4, 0.5) is 0 Å². The van der Waals surface area contributed by atoms with Crippen LogP contribution in [-0.4, -0.2) is 36.5 Å². The van der Waals surface area contributed by atoms with Crippen LogP contribution in [0.1, 0.15) is 45.4 Å². The average Bonchev–Trinajstić information content (AvgIpc) is 2.70. The lowest BCUT2D eigenvalue weighted by atomic mass is 10.0. The van der Waals surface area contributed by atoms with E-state index in [1.165, 1.54) is 12.8 Å². The second-order valence-electron chi connectivity index (χ2n) is 5.81. The van der Waals surface area contributed by atoms with Gasteiger partial charge in [-0.05, 0) is 51.5 Å². The third-order valence-electron chi connectivity index (χ3n) is 4.31. The molecule has 1 aliphatic heterocycles. The van der Waals surface area contributed by atoms with E-state index in [4.69, 9.17) is 0 Å². The summed E-state index contributed by atoms with van der Waals surface area (Å²) in [4.78, 5) is 14.7. The molecule has 1 amide bonds. The van der Waals surface area contributed by atoms with Gasteiger partial charge in [-0.2, -0.15) is 0 Å². The van der Waals surface area contributed by atoms with Gasteiger partial charge in [-0.3, -0.25) is 4.79 Å². The first-order chi connectivity index (χ1) is 8.72. The summed E-state index contributed by atoms with van der Waals surface area (Å²) in [6.07, 6.45) is 11.2. The van der Waals surface area contributed by atoms with Gasteiger partial charge in [0, 0.05) is 12.6 Å². The van der Waals surface area contributed by atoms with Crippen molar-refractivity contribution in [3.8, 4) is 0 Å². The molecule has 0 saturated carbocycles. The standard InChI is InChI=1S/C15H26N2O/c1-12-9-10-14(16-2)15(18)17(11-12)13-7-5-3-4-6-8-13/h3,5,12-14,16H,4,6-11H2,1-2H3. The van der Waals surface area contributed by atoms with Crippen molar-refractivity contribution in [2.75, 3.05) is 13.6 Å². The number of rotatable bonds is 2. The third-order valence-corrected chi connectivity index (χ3v) is 4.31. The molecule has 0 aromatic carbocycles. The van der Waals surface area contributed by atoms with E-state index in [0.717, 1.165) is 32.2 Å². The Hall–Kier alpha value is -0.830. The molecule has 0 radical (unpaired) electrons. The number of likely N-dealkylation sites (N-methyl/N-ethyl adjacent to an activating group) is 1. The highest BCUT2D eigenvalue weighted by Crippen LogP contribution is 2.24. The Labute approximate surface area is 111 Å². The topological polar surface area (TPSA) is 32.3 Å². The van der Waals surface area contributed by atoms with E-state index in [9.17, 15) is 4.79 Å². The zero-order valence-electron chi connectivity index (χ0n) is 11.7. The number of likely N-dealkylation sites (tertiary alicyclic amines) is 1. The number of nitrogens with zero attached hydrogens (tertiary/aromatic N) is 1. The van der Waals surface area contributed by atoms with Gasteiger partial charge >= 0.3 is 0 Å². The van der Waals surface area contributed by atoms with Gasteiger partial charge in [0.15, 0.2) is 0 Å². The molecule has 102 valence electrons. The number of carbonyl (C=O) groups is 1. The monoisotopic (exact) mass is 250 g/mol. The van der Waals surface area contributed by atoms with Gasteiger partial charge in [0.2, 0.25) is 5.91 Å². The smallest absolute Gasteiger partial charge is 0.239 e. The third kappa shape index (κ3) is 3.14. The Morgan fingerprint density at radius 2 is 2.11 bits per heavy atom. The van der Waals surface area contributed by atoms with Gasteiger partial charge in [0.25, 0.3) is 0 Å². The lowest BCUT2D eigenvalue weighted by Gasteiger charge is -2.33. The second kappa shape index (κ2) is 6.37. The number of nitrogens with one attached hydrogen (secondary N) is 1. The molecule has 18 heavy (non-hydrogen) atoms. The number of hydrogen-bond acceptors (Lipinski definition) is 2. The number of carbonyl (C=O) groups excluding carboxylic acids is 1. The predicted octanol–water partition coefficient (Wildman–Crippen LogP) is 2.33. The molecule has 3 nitrogen and oxygen atoms in total. The highest BCUT2D eigenvalue weighted by Gasteiger charge is 2.32. The Balaban J connectivity index is 2.11. The Morgan fingerprint density at radius 1 is 1.28 bits per heavy atom. The molecule has 2 rings (SSSR count). The van der Waals surface area contributed by atoms with Gasteiger partial charge in [0.1, 0.15) is 0 Å². The highest BCUT2D eigenvalue weighted by atomic mass is 16.2. The van der Waals surface area contributed by atoms with Gasteiger partial charge in [-0.1, -0.05) is 19.1 Å². The van der Waals surface area contributed by atoms with E-state index < -0.39 is 0 Å². The fourth-order valence-electron chi connectivity index (χ4n) is 3.13. The molecular weight excluding hydrogens is 224 g/mol. The van der Waals surface area contributed by atoms with Crippen molar-refractivity contribution in [2.45, 2.75) is 57.5 Å². The first-order valence-corrected chi connectivity index (χ1v) is 7.35. The zero-order chi connectivity index (χ0) is 13.0. The molecule has 0 aromatic heterocycles. The molecule has 0 spiro atoms. The van der Waals surface area contributed by atoms with Gasteiger partial charge in [-0.15, -0.1) is 0 Å². The molecular formula is C15H26N2O. The van der Waals surface area contributed by atoms with Crippen LogP contribution in [-0.2, 0) is 4.79 Å². The van der Waals surface area contributed by atoms with Gasteiger partial charge in [-0.25, -0.2) is 0 Å². The van der Waals surface area contributed by atoms with E-state index >= 15 is 0 Å². The molecule has 0 bridgehead atoms. The molecule has 3 heteroatoms. The Morgan fingerprint density at radius 3 is 2.89 bits per heavy atom. The summed E-state index contributed by atoms with van der Waals surface area (Å²) in [5.74, 6) is 0.946. The summed E-state index contributed by atoms with van der Waals surface area (Å²) in [5.41, 5.74) is 0. The number of amides is 1. The van der Waals surface area contributed by atoms with E-state index in [-0.39, 0.29) is 6.04 Å². The second-order valence-corrected chi connectivity index (χ2v) is 5.81. The van der Waals surface area contributed by atoms with Crippen LogP contribution >= 0.6 is 0 Å². The quantitative estimate of drug-likeness (QED) is 0.763. The zero-order valence-corrected chi connectivity index (χ0v) is 11.7. The summed E-state index contributed by atoms with van der Waals surface area (Å²) in [6, 6.07) is 0.454. The first-order valence-electron chi connectivity index (χ1n) is 7.35. The normalized spacial score (nSPS) is 34.2. The van der Waals surface area contributed by atoms with Crippen LogP contribution in [0.3, 0.4) is 0 Å². The van der Waals surface area contributed by atoms with Crippen molar-refractivity contribution in [1.29, 1.82) is 0 Å². The minimum absolute atomic E-state index is 0.0298. The van der Waals surface area contributed by atoms with Crippen molar-refractivity contribution in [1.82, 2.24) is 10.2 Å². The maximum Gasteiger partial charge on any atom is 0.239 e. The molecule has 1 N–H and O–H groups in total. The molecule has 0 aromatic rings. The molecule has 3 unspecified atom stereocenters. The Bertz CT molecular complexity index is 314. The summed E-state index contributed by atoms with van der Waals surface area (Å²) in [5, 5.41) is 3.19. The summed E-state index contributed by atoms with van der Waals surface area (Å²) in [7, 11) is 1.91. The number of allylic oxidation sites excluding steroid dienone is 1. The fraction of sp³-hybridized carbons (Fsp3) is 0.800. The lowest BCUT2D eigenvalue weighted by molar-refractivity contribution is -0.135. The largest absolute Gasteiger partial charge is 0.338 e. The molecule has 1 saturated heterocycles. The highest BCUT2D eigenvalue weighted by molar-refractivity contribution is 5.82. The number of hydrogen-bond donors (Lipinski definition) is 1. The summed E-state index contributed by atoms with van der Waals surface area (Å²) < 4.78 is 0. The predicted molar refractivity (Wildman–Crippen MR) is 74.4 cm³/mol. The SMILES string of the molecule is CNC1CCC(C)CN(C2CC=CCCC2)C1=O. The van der Waals surface area contributed by atoms with E-state index in [0.29, 0.717) is 17.9 Å². The van der Waals surface area contributed by atoms with E-state index in [1.54, 1.807) is 0 Å². The summed E-state index contributed by atoms with van der Waals surface area (Å²) >= 11 is 0. The van der Waals surface area contributed by atoms with E-state index in [1.807, 2.05) is 7.05 Å². The van der Waals surface area contributed by atoms with Crippen LogP contribution in [0.15, 0.2) is 12.2 Å². The van der Waals surface area contributed by atoms with Crippen molar-refractivity contribution in [3.05, 3.63) is 12.2 Å². The molecule has 1 heterocycles. The minimum Gasteiger partial charge on any atom is -0.338 e. The van der Waals surface area contributed by atoms with Crippen molar-refractivity contribution in [2.24, 2.45) is 5.92 Å². The lowest BCUT2D eigenvalue weighted by Crippen LogP contribution is -2.48. The van der Waals surface area contributed by atoms with Crippen molar-refractivity contribution >= 4 is 5.91 Å². The van der Waals surface area contributed by atoms with Gasteiger partial charge < -0.3 is 10.2 Å². The van der Waals surface area contributed by atoms with E-state index in [2.05, 4.69) is 29.3 Å². The first kappa shape index (κ1) is 13.6. The average molecular weight is 250 g/mol. The molecule has 1 aliphatic carbocycles. The van der Waals surface area contributed by atoms with Crippen LogP contribution in [0.5, 0.6) is 0 Å². The van der Waals surface area contributed by atoms with Crippen molar-refractivity contribution < 1.29 is 4.79 Å². The minimum atomic E-state index is 0.0298. The van der Waals surface area contributed by atoms with Crippen LogP contribution in [0, 0.1) is 5.92 Å². The Kier molecular flexibility index (Phi) is 4.81. The maximum absolute atomic E-state index is 12.6. The fourth-order valence-corrected chi connectivity index (χ4v) is 3.13. The van der Waals surface area contributed by atoms with Crippen LogP contribution in [0.2, 0.25) is 0 Å². The van der Waals surface area contributed by atoms with Crippen LogP contribution < -0.4 is 5.32 Å².